The van der Waals surface area contributed by atoms with Crippen molar-refractivity contribution >= 4 is 56.6 Å². The maximum Gasteiger partial charge on any atom is 0.332 e. The standard InChI is InChI=1S/C34H38N8O5S/c1-21(2)42(34(46)36-16-23-9-13-26(47-3)14-10-23)40-19-30(44)41-27(15-22-7-11-25(12-8-22)37-20-43)32(45)39(18-29(40)41)17-24-5-4-6-28-31(24)38-33(35)48-28/h4-14,20-21,27,29H,15-19H2,1-3H3,(H2,35,38)(H,36,46)(H,37,43)/t27-,29+/m0/s1. The maximum absolute atomic E-state index is 14.3. The molecule has 14 heteroatoms. The number of carbonyl (C=O) groups excluding carboxylic acids is 4. The van der Waals surface area contributed by atoms with Gasteiger partial charge in [-0.1, -0.05) is 47.7 Å². The monoisotopic (exact) mass is 670 g/mol. The largest absolute Gasteiger partial charge is 0.497 e. The molecule has 5 amide bonds. The number of amides is 5. The lowest BCUT2D eigenvalue weighted by atomic mass is 9.99. The van der Waals surface area contributed by atoms with Gasteiger partial charge in [-0.15, -0.1) is 0 Å². The van der Waals surface area contributed by atoms with Crippen LogP contribution in [0.5, 0.6) is 5.75 Å². The molecule has 0 spiro atoms. The maximum atomic E-state index is 14.3. The summed E-state index contributed by atoms with van der Waals surface area (Å²) in [5.74, 6) is 0.288. The topological polar surface area (TPSA) is 153 Å². The van der Waals surface area contributed by atoms with Gasteiger partial charge in [0.05, 0.1) is 30.4 Å². The number of fused-ring (bicyclic) bond motifs is 2. The normalized spacial score (nSPS) is 17.9. The van der Waals surface area contributed by atoms with Crippen molar-refractivity contribution in [2.24, 2.45) is 0 Å². The van der Waals surface area contributed by atoms with Crippen molar-refractivity contribution in [1.29, 1.82) is 0 Å². The van der Waals surface area contributed by atoms with Crippen molar-refractivity contribution in [3.05, 3.63) is 83.4 Å². The molecule has 2 fully saturated rings. The lowest BCUT2D eigenvalue weighted by Gasteiger charge is -2.47. The molecule has 0 bridgehead atoms. The summed E-state index contributed by atoms with van der Waals surface area (Å²) >= 11 is 1.39. The van der Waals surface area contributed by atoms with E-state index in [-0.39, 0.29) is 56.5 Å². The van der Waals surface area contributed by atoms with Gasteiger partial charge in [-0.3, -0.25) is 19.4 Å². The number of nitrogens with zero attached hydrogens (tertiary/aromatic N) is 5. The summed E-state index contributed by atoms with van der Waals surface area (Å²) in [4.78, 5) is 60.7. The first-order chi connectivity index (χ1) is 23.2. The highest BCUT2D eigenvalue weighted by molar-refractivity contribution is 7.22. The Hall–Kier alpha value is -5.21. The van der Waals surface area contributed by atoms with E-state index in [1.54, 1.807) is 39.1 Å². The number of nitrogen functional groups attached to an aromatic ring is 1. The van der Waals surface area contributed by atoms with Gasteiger partial charge < -0.3 is 30.9 Å². The fraction of sp³-hybridized carbons (Fsp3) is 0.324. The van der Waals surface area contributed by atoms with Gasteiger partial charge in [0.2, 0.25) is 18.2 Å². The number of carbonyl (C=O) groups is 4. The number of anilines is 2. The van der Waals surface area contributed by atoms with Crippen LogP contribution < -0.4 is 21.1 Å². The molecule has 3 heterocycles. The fourth-order valence-corrected chi connectivity index (χ4v) is 7.18. The van der Waals surface area contributed by atoms with E-state index in [1.807, 2.05) is 68.4 Å². The van der Waals surface area contributed by atoms with Gasteiger partial charge in [-0.25, -0.2) is 9.78 Å². The van der Waals surface area contributed by atoms with E-state index in [2.05, 4.69) is 15.6 Å². The molecular weight excluding hydrogens is 632 g/mol. The number of ether oxygens (including phenoxy) is 1. The highest BCUT2D eigenvalue weighted by atomic mass is 32.1. The van der Waals surface area contributed by atoms with Crippen molar-refractivity contribution < 1.29 is 23.9 Å². The molecule has 2 aliphatic heterocycles. The zero-order valence-electron chi connectivity index (χ0n) is 27.0. The predicted molar refractivity (Wildman–Crippen MR) is 183 cm³/mol. The number of thiazole rings is 1. The number of urea groups is 1. The third-order valence-electron chi connectivity index (χ3n) is 8.63. The van der Waals surface area contributed by atoms with Gasteiger partial charge in [0.25, 0.3) is 0 Å². The first-order valence-corrected chi connectivity index (χ1v) is 16.5. The molecule has 2 atom stereocenters. The third-order valence-corrected chi connectivity index (χ3v) is 9.48. The van der Waals surface area contributed by atoms with E-state index in [0.717, 1.165) is 32.7 Å². The van der Waals surface area contributed by atoms with Crippen LogP contribution >= 0.6 is 11.3 Å². The molecule has 13 nitrogen and oxygen atoms in total. The minimum absolute atomic E-state index is 0.0587. The molecule has 48 heavy (non-hydrogen) atoms. The molecule has 4 aromatic rings. The van der Waals surface area contributed by atoms with Gasteiger partial charge >= 0.3 is 6.03 Å². The number of para-hydroxylation sites is 1. The number of hydrogen-bond donors (Lipinski definition) is 3. The summed E-state index contributed by atoms with van der Waals surface area (Å²) in [6, 6.07) is 18.9. The van der Waals surface area contributed by atoms with E-state index >= 15 is 0 Å². The summed E-state index contributed by atoms with van der Waals surface area (Å²) < 4.78 is 6.16. The molecule has 0 saturated carbocycles. The van der Waals surface area contributed by atoms with Crippen molar-refractivity contribution in [3.63, 3.8) is 0 Å². The highest BCUT2D eigenvalue weighted by Gasteiger charge is 2.52. The fourth-order valence-electron chi connectivity index (χ4n) is 6.40. The first kappa shape index (κ1) is 32.7. The van der Waals surface area contributed by atoms with Gasteiger partial charge in [0.1, 0.15) is 18.0 Å². The minimum Gasteiger partial charge on any atom is -0.497 e. The van der Waals surface area contributed by atoms with E-state index in [9.17, 15) is 19.2 Å². The number of hydrazine groups is 1. The molecule has 0 unspecified atom stereocenters. The highest BCUT2D eigenvalue weighted by Crippen LogP contribution is 2.33. The molecule has 0 radical (unpaired) electrons. The molecule has 4 N–H and O–H groups in total. The van der Waals surface area contributed by atoms with E-state index < -0.39 is 12.2 Å². The molecule has 0 aliphatic carbocycles. The van der Waals surface area contributed by atoms with Crippen LogP contribution in [-0.2, 0) is 33.9 Å². The number of rotatable bonds is 11. The Morgan fingerprint density at radius 3 is 2.52 bits per heavy atom. The zero-order chi connectivity index (χ0) is 33.9. The van der Waals surface area contributed by atoms with Crippen molar-refractivity contribution in [1.82, 2.24) is 30.1 Å². The van der Waals surface area contributed by atoms with Crippen LogP contribution in [0.3, 0.4) is 0 Å². The molecule has 250 valence electrons. The van der Waals surface area contributed by atoms with E-state index in [4.69, 9.17) is 10.5 Å². The zero-order valence-corrected chi connectivity index (χ0v) is 27.8. The van der Waals surface area contributed by atoms with E-state index in [1.165, 1.54) is 11.3 Å². The molecular formula is C34H38N8O5S. The van der Waals surface area contributed by atoms with Crippen LogP contribution in [0.2, 0.25) is 0 Å². The van der Waals surface area contributed by atoms with Crippen molar-refractivity contribution in [2.45, 2.75) is 51.6 Å². The van der Waals surface area contributed by atoms with E-state index in [0.29, 0.717) is 17.2 Å². The number of nitrogens with two attached hydrogens (primary N) is 1. The van der Waals surface area contributed by atoms with Gasteiger partial charge in [-0.05, 0) is 60.9 Å². The molecule has 2 aliphatic rings. The molecule has 6 rings (SSSR count). The number of piperazine rings is 1. The summed E-state index contributed by atoms with van der Waals surface area (Å²) in [5, 5.41) is 9.42. The number of benzene rings is 3. The predicted octanol–water partition coefficient (Wildman–Crippen LogP) is 3.41. The quantitative estimate of drug-likeness (QED) is 0.205. The van der Waals surface area contributed by atoms with Gasteiger partial charge in [0.15, 0.2) is 5.13 Å². The summed E-state index contributed by atoms with van der Waals surface area (Å²) in [7, 11) is 1.60. The van der Waals surface area contributed by atoms with Crippen molar-refractivity contribution in [3.8, 4) is 5.75 Å². The Kier molecular flexibility index (Phi) is 9.46. The lowest BCUT2D eigenvalue weighted by molar-refractivity contribution is -0.158. The van der Waals surface area contributed by atoms with Crippen LogP contribution in [0, 0.1) is 0 Å². The Morgan fingerprint density at radius 1 is 1.10 bits per heavy atom. The minimum atomic E-state index is -0.817. The van der Waals surface area contributed by atoms with Crippen LogP contribution in [-0.4, -0.2) is 87.5 Å². The molecule has 3 aromatic carbocycles. The number of nitrogens with one attached hydrogen (secondary N) is 2. The summed E-state index contributed by atoms with van der Waals surface area (Å²) in [6.07, 6.45) is 0.264. The lowest BCUT2D eigenvalue weighted by Crippen LogP contribution is -2.66. The average Bonchev–Trinajstić information content (AvgIpc) is 3.61. The Bertz CT molecular complexity index is 1810. The van der Waals surface area contributed by atoms with Crippen LogP contribution in [0.25, 0.3) is 10.2 Å². The molecule has 1 aromatic heterocycles. The van der Waals surface area contributed by atoms with Crippen LogP contribution in [0.4, 0.5) is 15.6 Å². The van der Waals surface area contributed by atoms with Crippen LogP contribution in [0.1, 0.15) is 30.5 Å². The van der Waals surface area contributed by atoms with Crippen LogP contribution in [0.15, 0.2) is 66.7 Å². The second kappa shape index (κ2) is 13.9. The Morgan fingerprint density at radius 2 is 1.83 bits per heavy atom. The van der Waals surface area contributed by atoms with Gasteiger partial charge in [0, 0.05) is 31.2 Å². The average molecular weight is 671 g/mol. The summed E-state index contributed by atoms with van der Waals surface area (Å²) in [5.41, 5.74) is 9.96. The summed E-state index contributed by atoms with van der Waals surface area (Å²) in [6.45, 7) is 4.46. The second-order valence-corrected chi connectivity index (χ2v) is 13.1. The smallest absolute Gasteiger partial charge is 0.332 e. The Balaban J connectivity index is 1.30. The number of hydrogen-bond acceptors (Lipinski definition) is 9. The number of methoxy groups -OCH3 is 1. The Labute approximate surface area is 282 Å². The SMILES string of the molecule is COc1ccc(CNC(=O)N(C(C)C)N2CC(=O)N3[C@@H](Cc4ccc(NC=O)cc4)C(=O)N(Cc4cccc5sc(N)nc45)C[C@@H]32)cc1. The first-order valence-electron chi connectivity index (χ1n) is 15.7. The second-order valence-electron chi connectivity index (χ2n) is 12.0. The van der Waals surface area contributed by atoms with Crippen molar-refractivity contribution in [2.75, 3.05) is 31.2 Å². The third kappa shape index (κ3) is 6.62. The molecule has 2 saturated heterocycles. The van der Waals surface area contributed by atoms with Gasteiger partial charge in [-0.2, -0.15) is 5.01 Å². The number of aromatic nitrogens is 1.